The highest BCUT2D eigenvalue weighted by molar-refractivity contribution is 7.97. The Morgan fingerprint density at radius 1 is 1.14 bits per heavy atom. The molecular weight excluding hydrogens is 282 g/mol. The topological polar surface area (TPSA) is 34.4 Å². The maximum absolute atomic E-state index is 5.76. The third-order valence-corrected chi connectivity index (χ3v) is 3.72. The van der Waals surface area contributed by atoms with Gasteiger partial charge < -0.3 is 14.5 Å². The monoisotopic (exact) mass is 305 g/mol. The van der Waals surface area contributed by atoms with E-state index in [1.165, 1.54) is 5.56 Å². The van der Waals surface area contributed by atoms with Gasteiger partial charge in [0.1, 0.15) is 23.9 Å². The smallest absolute Gasteiger partial charge is 0.119 e. The third-order valence-electron chi connectivity index (χ3n) is 3.15. The van der Waals surface area contributed by atoms with Crippen molar-refractivity contribution in [2.24, 2.45) is 0 Å². The first-order valence-corrected chi connectivity index (χ1v) is 8.56. The Balaban J connectivity index is 1.71. The van der Waals surface area contributed by atoms with E-state index in [0.717, 1.165) is 29.6 Å². The third kappa shape index (κ3) is 5.48. The van der Waals surface area contributed by atoms with Crippen LogP contribution in [0.4, 0.5) is 0 Å². The van der Waals surface area contributed by atoms with Crippen LogP contribution in [0.2, 0.25) is 0 Å². The highest BCUT2D eigenvalue weighted by Gasteiger charge is 2.06. The van der Waals surface area contributed by atoms with Crippen molar-refractivity contribution in [2.75, 3.05) is 12.9 Å². The van der Waals surface area contributed by atoms with Gasteiger partial charge >= 0.3 is 0 Å². The highest BCUT2D eigenvalue weighted by atomic mass is 32.2. The summed E-state index contributed by atoms with van der Waals surface area (Å²) in [5.74, 6) is 3.84. The Kier molecular flexibility index (Phi) is 6.21. The Morgan fingerprint density at radius 2 is 1.86 bits per heavy atom. The molecule has 1 unspecified atom stereocenters. The summed E-state index contributed by atoms with van der Waals surface area (Å²) in [6.07, 6.45) is 2.07. The van der Waals surface area contributed by atoms with Crippen molar-refractivity contribution in [3.05, 3.63) is 53.5 Å². The van der Waals surface area contributed by atoms with Gasteiger partial charge in [0.25, 0.3) is 0 Å². The standard InChI is InChI=1S/C17H23NO2S/c1-13-4-6-15(7-5-13)19-11-14(2)18-10-16-8-9-17(20-16)12-21-3/h4-9,14,18H,10-12H2,1-3H3. The summed E-state index contributed by atoms with van der Waals surface area (Å²) in [5.41, 5.74) is 1.24. The molecule has 4 heteroatoms. The van der Waals surface area contributed by atoms with Crippen LogP contribution in [0.25, 0.3) is 0 Å². The fraction of sp³-hybridized carbons (Fsp3) is 0.412. The zero-order valence-corrected chi connectivity index (χ0v) is 13.7. The van der Waals surface area contributed by atoms with Crippen LogP contribution in [0.5, 0.6) is 5.75 Å². The summed E-state index contributed by atoms with van der Waals surface area (Å²) in [6.45, 7) is 5.55. The average Bonchev–Trinajstić information content (AvgIpc) is 2.93. The van der Waals surface area contributed by atoms with Gasteiger partial charge in [0, 0.05) is 6.04 Å². The molecule has 3 nitrogen and oxygen atoms in total. The number of nitrogens with one attached hydrogen (secondary N) is 1. The molecule has 0 amide bonds. The van der Waals surface area contributed by atoms with Gasteiger partial charge in [0.05, 0.1) is 12.3 Å². The van der Waals surface area contributed by atoms with Crippen molar-refractivity contribution in [1.29, 1.82) is 0 Å². The number of thioether (sulfide) groups is 1. The number of hydrogen-bond donors (Lipinski definition) is 1. The molecule has 1 heterocycles. The molecule has 1 atom stereocenters. The van der Waals surface area contributed by atoms with Crippen molar-refractivity contribution in [2.45, 2.75) is 32.2 Å². The number of furan rings is 1. The predicted octanol–water partition coefficient (Wildman–Crippen LogP) is 4.01. The van der Waals surface area contributed by atoms with Gasteiger partial charge in [-0.25, -0.2) is 0 Å². The summed E-state index contributed by atoms with van der Waals surface area (Å²) < 4.78 is 11.5. The second kappa shape index (κ2) is 8.15. The zero-order chi connectivity index (χ0) is 15.1. The van der Waals surface area contributed by atoms with E-state index in [-0.39, 0.29) is 6.04 Å². The molecule has 0 fully saturated rings. The lowest BCUT2D eigenvalue weighted by Gasteiger charge is -2.14. The first kappa shape index (κ1) is 16.0. The number of aryl methyl sites for hydroxylation is 1. The van der Waals surface area contributed by atoms with Crippen LogP contribution in [0, 0.1) is 6.92 Å². The minimum atomic E-state index is 0.264. The molecule has 2 rings (SSSR count). The van der Waals surface area contributed by atoms with Crippen LogP contribution in [0.15, 0.2) is 40.8 Å². The average molecular weight is 305 g/mol. The van der Waals surface area contributed by atoms with Crippen LogP contribution in [-0.4, -0.2) is 18.9 Å². The van der Waals surface area contributed by atoms with Crippen LogP contribution < -0.4 is 10.1 Å². The van der Waals surface area contributed by atoms with E-state index in [9.17, 15) is 0 Å². The summed E-state index contributed by atoms with van der Waals surface area (Å²) in [6, 6.07) is 12.5. The SMILES string of the molecule is CSCc1ccc(CNC(C)COc2ccc(C)cc2)o1. The Hall–Kier alpha value is -1.39. The fourth-order valence-electron chi connectivity index (χ4n) is 1.93. The van der Waals surface area contributed by atoms with E-state index >= 15 is 0 Å². The molecule has 21 heavy (non-hydrogen) atoms. The molecule has 1 aromatic heterocycles. The van der Waals surface area contributed by atoms with Crippen LogP contribution in [0.1, 0.15) is 24.0 Å². The number of rotatable bonds is 8. The molecular formula is C17H23NO2S. The molecule has 2 aromatic rings. The van der Waals surface area contributed by atoms with Gasteiger partial charge in [-0.2, -0.15) is 11.8 Å². The second-order valence-electron chi connectivity index (χ2n) is 5.21. The van der Waals surface area contributed by atoms with Gasteiger partial charge in [-0.15, -0.1) is 0 Å². The van der Waals surface area contributed by atoms with Gasteiger partial charge in [-0.1, -0.05) is 17.7 Å². The second-order valence-corrected chi connectivity index (χ2v) is 6.07. The lowest BCUT2D eigenvalue weighted by atomic mass is 10.2. The lowest BCUT2D eigenvalue weighted by molar-refractivity contribution is 0.269. The maximum Gasteiger partial charge on any atom is 0.119 e. The Bertz CT molecular complexity index is 536. The molecule has 0 bridgehead atoms. The van der Waals surface area contributed by atoms with Gasteiger partial charge in [-0.3, -0.25) is 0 Å². The van der Waals surface area contributed by atoms with E-state index in [4.69, 9.17) is 9.15 Å². The van der Waals surface area contributed by atoms with E-state index in [0.29, 0.717) is 6.61 Å². The van der Waals surface area contributed by atoms with Crippen molar-refractivity contribution in [3.8, 4) is 5.75 Å². The minimum Gasteiger partial charge on any atom is -0.492 e. The number of ether oxygens (including phenoxy) is 1. The Morgan fingerprint density at radius 3 is 2.57 bits per heavy atom. The van der Waals surface area contributed by atoms with Gasteiger partial charge in [-0.05, 0) is 44.4 Å². The Labute approximate surface area is 131 Å². The van der Waals surface area contributed by atoms with E-state index in [2.05, 4.69) is 37.6 Å². The summed E-state index contributed by atoms with van der Waals surface area (Å²) >= 11 is 1.76. The lowest BCUT2D eigenvalue weighted by Crippen LogP contribution is -2.31. The molecule has 114 valence electrons. The number of hydrogen-bond acceptors (Lipinski definition) is 4. The molecule has 0 radical (unpaired) electrons. The van der Waals surface area contributed by atoms with Crippen LogP contribution >= 0.6 is 11.8 Å². The predicted molar refractivity (Wildman–Crippen MR) is 88.9 cm³/mol. The first-order chi connectivity index (χ1) is 10.2. The van der Waals surface area contributed by atoms with E-state index in [1.807, 2.05) is 24.3 Å². The fourth-order valence-corrected chi connectivity index (χ4v) is 2.37. The molecule has 0 aliphatic carbocycles. The summed E-state index contributed by atoms with van der Waals surface area (Å²) in [5, 5.41) is 3.41. The minimum absolute atomic E-state index is 0.264. The normalized spacial score (nSPS) is 12.3. The van der Waals surface area contributed by atoms with Crippen molar-refractivity contribution >= 4 is 11.8 Å². The molecule has 0 aliphatic rings. The molecule has 0 saturated heterocycles. The summed E-state index contributed by atoms with van der Waals surface area (Å²) in [7, 11) is 0. The van der Waals surface area contributed by atoms with Crippen molar-refractivity contribution in [3.63, 3.8) is 0 Å². The van der Waals surface area contributed by atoms with Crippen LogP contribution in [0.3, 0.4) is 0 Å². The van der Waals surface area contributed by atoms with E-state index in [1.54, 1.807) is 11.8 Å². The van der Waals surface area contributed by atoms with Gasteiger partial charge in [0.15, 0.2) is 0 Å². The van der Waals surface area contributed by atoms with E-state index < -0.39 is 0 Å². The number of benzene rings is 1. The molecule has 0 spiro atoms. The first-order valence-electron chi connectivity index (χ1n) is 7.16. The van der Waals surface area contributed by atoms with Crippen LogP contribution in [-0.2, 0) is 12.3 Å². The van der Waals surface area contributed by atoms with Gasteiger partial charge in [0.2, 0.25) is 0 Å². The molecule has 0 aliphatic heterocycles. The molecule has 1 aromatic carbocycles. The quantitative estimate of drug-likeness (QED) is 0.799. The molecule has 0 saturated carbocycles. The largest absolute Gasteiger partial charge is 0.492 e. The zero-order valence-electron chi connectivity index (χ0n) is 12.9. The van der Waals surface area contributed by atoms with Crippen molar-refractivity contribution in [1.82, 2.24) is 5.32 Å². The molecule has 1 N–H and O–H groups in total. The van der Waals surface area contributed by atoms with Crippen molar-refractivity contribution < 1.29 is 9.15 Å². The highest BCUT2D eigenvalue weighted by Crippen LogP contribution is 2.14. The maximum atomic E-state index is 5.76. The summed E-state index contributed by atoms with van der Waals surface area (Å²) in [4.78, 5) is 0.